The summed E-state index contributed by atoms with van der Waals surface area (Å²) < 4.78 is 4.84. The lowest BCUT2D eigenvalue weighted by atomic mass is 10.2. The van der Waals surface area contributed by atoms with E-state index in [1.165, 1.54) is 13.3 Å². The van der Waals surface area contributed by atoms with Crippen molar-refractivity contribution in [2.75, 3.05) is 33.4 Å². The summed E-state index contributed by atoms with van der Waals surface area (Å²) in [4.78, 5) is 13.6. The summed E-state index contributed by atoms with van der Waals surface area (Å²) in [6, 6.07) is 11.5. The van der Waals surface area contributed by atoms with E-state index in [2.05, 4.69) is 5.32 Å². The van der Waals surface area contributed by atoms with Crippen LogP contribution in [0.2, 0.25) is 0 Å². The molecule has 118 valence electrons. The van der Waals surface area contributed by atoms with Crippen LogP contribution >= 0.6 is 0 Å². The van der Waals surface area contributed by atoms with Crippen LogP contribution in [-0.4, -0.2) is 49.3 Å². The van der Waals surface area contributed by atoms with Gasteiger partial charge in [0.25, 0.3) is 5.91 Å². The van der Waals surface area contributed by atoms with Crippen LogP contribution in [0.4, 0.5) is 0 Å². The highest BCUT2D eigenvalue weighted by molar-refractivity contribution is 5.97. The highest BCUT2D eigenvalue weighted by atomic mass is 16.5. The molecule has 1 aromatic carbocycles. The lowest BCUT2D eigenvalue weighted by molar-refractivity contribution is -0.117. The molecule has 0 unspecified atom stereocenters. The number of aliphatic hydroxyl groups is 1. The number of benzene rings is 1. The summed E-state index contributed by atoms with van der Waals surface area (Å²) in [6.45, 7) is 1.51. The second kappa shape index (κ2) is 10.4. The molecule has 1 rings (SSSR count). The fourth-order valence-electron chi connectivity index (χ4n) is 1.82. The second-order valence-electron chi connectivity index (χ2n) is 4.58. The molecule has 0 aromatic heterocycles. The maximum atomic E-state index is 11.9. The summed E-state index contributed by atoms with van der Waals surface area (Å²) in [6.07, 6.45) is 1.48. The maximum Gasteiger partial charge on any atom is 0.263 e. The van der Waals surface area contributed by atoms with Gasteiger partial charge in [-0.15, -0.1) is 0 Å². The number of hydrogen-bond donors (Lipinski definition) is 2. The third-order valence-corrected chi connectivity index (χ3v) is 2.88. The molecular weight excluding hydrogens is 282 g/mol. The third-order valence-electron chi connectivity index (χ3n) is 2.88. The average molecular weight is 303 g/mol. The van der Waals surface area contributed by atoms with Gasteiger partial charge in [-0.3, -0.25) is 4.79 Å². The fourth-order valence-corrected chi connectivity index (χ4v) is 1.82. The van der Waals surface area contributed by atoms with E-state index in [4.69, 9.17) is 15.1 Å². The quantitative estimate of drug-likeness (QED) is 0.397. The SMILES string of the molecule is COCCNC(=O)/C(C#N)=C\N(CCO)Cc1ccccc1. The van der Waals surface area contributed by atoms with Crippen LogP contribution in [-0.2, 0) is 16.1 Å². The van der Waals surface area contributed by atoms with Gasteiger partial charge in [-0.25, -0.2) is 0 Å². The number of aliphatic hydroxyl groups excluding tert-OH is 1. The first-order valence-electron chi connectivity index (χ1n) is 6.99. The number of methoxy groups -OCH3 is 1. The molecule has 6 heteroatoms. The Morgan fingerprint density at radius 2 is 2.18 bits per heavy atom. The second-order valence-corrected chi connectivity index (χ2v) is 4.58. The third kappa shape index (κ3) is 6.39. The van der Waals surface area contributed by atoms with E-state index in [-0.39, 0.29) is 12.2 Å². The van der Waals surface area contributed by atoms with Crippen molar-refractivity contribution in [1.82, 2.24) is 10.2 Å². The highest BCUT2D eigenvalue weighted by Crippen LogP contribution is 2.07. The molecule has 22 heavy (non-hydrogen) atoms. The summed E-state index contributed by atoms with van der Waals surface area (Å²) in [7, 11) is 1.54. The van der Waals surface area contributed by atoms with E-state index in [9.17, 15) is 4.79 Å². The van der Waals surface area contributed by atoms with Crippen LogP contribution in [0.25, 0.3) is 0 Å². The Morgan fingerprint density at radius 3 is 2.77 bits per heavy atom. The standard InChI is InChI=1S/C16H21N3O3/c1-22-10-7-18-16(21)15(11-17)13-19(8-9-20)12-14-5-3-2-4-6-14/h2-6,13,20H,7-10,12H2,1H3,(H,18,21)/b15-13-. The zero-order valence-corrected chi connectivity index (χ0v) is 12.7. The van der Waals surface area contributed by atoms with Gasteiger partial charge in [-0.05, 0) is 5.56 Å². The van der Waals surface area contributed by atoms with Crippen molar-refractivity contribution >= 4 is 5.91 Å². The average Bonchev–Trinajstić information content (AvgIpc) is 2.53. The molecule has 0 radical (unpaired) electrons. The number of nitriles is 1. The van der Waals surface area contributed by atoms with Crippen LogP contribution in [0.1, 0.15) is 5.56 Å². The Labute approximate surface area is 130 Å². The molecule has 1 amide bonds. The monoisotopic (exact) mass is 303 g/mol. The van der Waals surface area contributed by atoms with Crippen molar-refractivity contribution in [2.45, 2.75) is 6.54 Å². The number of rotatable bonds is 9. The van der Waals surface area contributed by atoms with Gasteiger partial charge in [0.1, 0.15) is 11.6 Å². The Hall–Kier alpha value is -2.36. The molecule has 1 aromatic rings. The van der Waals surface area contributed by atoms with Gasteiger partial charge >= 0.3 is 0 Å². The first kappa shape index (κ1) is 17.7. The number of nitrogens with one attached hydrogen (secondary N) is 1. The minimum atomic E-state index is -0.449. The minimum Gasteiger partial charge on any atom is -0.395 e. The van der Waals surface area contributed by atoms with Crippen molar-refractivity contribution in [3.8, 4) is 6.07 Å². The number of nitrogens with zero attached hydrogens (tertiary/aromatic N) is 2. The summed E-state index contributed by atoms with van der Waals surface area (Å²) in [5.74, 6) is -0.449. The van der Waals surface area contributed by atoms with Gasteiger partial charge in [-0.1, -0.05) is 30.3 Å². The molecule has 0 aliphatic carbocycles. The molecule has 0 atom stereocenters. The van der Waals surface area contributed by atoms with E-state index in [1.54, 1.807) is 4.90 Å². The smallest absolute Gasteiger partial charge is 0.263 e. The number of amides is 1. The number of hydrogen-bond acceptors (Lipinski definition) is 5. The zero-order chi connectivity index (χ0) is 16.2. The van der Waals surface area contributed by atoms with Crippen LogP contribution in [0.15, 0.2) is 42.1 Å². The van der Waals surface area contributed by atoms with Crippen LogP contribution in [0.5, 0.6) is 0 Å². The van der Waals surface area contributed by atoms with Gasteiger partial charge in [0.2, 0.25) is 0 Å². The van der Waals surface area contributed by atoms with Crippen molar-refractivity contribution in [3.05, 3.63) is 47.7 Å². The molecular formula is C16H21N3O3. The van der Waals surface area contributed by atoms with Crippen LogP contribution in [0, 0.1) is 11.3 Å². The predicted octanol–water partition coefficient (Wildman–Crippen LogP) is 0.651. The minimum absolute atomic E-state index is 0.000448. The van der Waals surface area contributed by atoms with E-state index in [0.717, 1.165) is 5.56 Å². The van der Waals surface area contributed by atoms with Crippen molar-refractivity contribution < 1.29 is 14.6 Å². The number of carbonyl (C=O) groups is 1. The fraction of sp³-hybridized carbons (Fsp3) is 0.375. The first-order valence-corrected chi connectivity index (χ1v) is 6.99. The Bertz CT molecular complexity index is 523. The first-order chi connectivity index (χ1) is 10.7. The molecule has 0 aliphatic heterocycles. The van der Waals surface area contributed by atoms with Crippen LogP contribution in [0.3, 0.4) is 0 Å². The van der Waals surface area contributed by atoms with Gasteiger partial charge in [0, 0.05) is 32.9 Å². The molecule has 6 nitrogen and oxygen atoms in total. The van der Waals surface area contributed by atoms with E-state index in [1.807, 2.05) is 36.4 Å². The molecule has 0 saturated heterocycles. The van der Waals surface area contributed by atoms with E-state index in [0.29, 0.717) is 26.2 Å². The number of ether oxygens (including phenoxy) is 1. The van der Waals surface area contributed by atoms with Gasteiger partial charge in [-0.2, -0.15) is 5.26 Å². The molecule has 0 fully saturated rings. The Kier molecular flexibility index (Phi) is 8.35. The summed E-state index contributed by atoms with van der Waals surface area (Å²) in [5, 5.41) is 20.9. The molecule has 0 bridgehead atoms. The molecule has 0 heterocycles. The normalized spacial score (nSPS) is 10.9. The Morgan fingerprint density at radius 1 is 1.45 bits per heavy atom. The summed E-state index contributed by atoms with van der Waals surface area (Å²) in [5.41, 5.74) is 1.03. The Balaban J connectivity index is 2.75. The van der Waals surface area contributed by atoms with Gasteiger partial charge in [0.05, 0.1) is 13.2 Å². The molecule has 2 N–H and O–H groups in total. The van der Waals surface area contributed by atoms with Crippen LogP contribution < -0.4 is 5.32 Å². The van der Waals surface area contributed by atoms with Crippen molar-refractivity contribution in [1.29, 1.82) is 5.26 Å². The highest BCUT2D eigenvalue weighted by Gasteiger charge is 2.11. The molecule has 0 aliphatic rings. The maximum absolute atomic E-state index is 11.9. The van der Waals surface area contributed by atoms with Gasteiger partial charge in [0.15, 0.2) is 0 Å². The van der Waals surface area contributed by atoms with E-state index >= 15 is 0 Å². The predicted molar refractivity (Wildman–Crippen MR) is 82.5 cm³/mol. The van der Waals surface area contributed by atoms with Crippen molar-refractivity contribution in [2.24, 2.45) is 0 Å². The van der Waals surface area contributed by atoms with Gasteiger partial charge < -0.3 is 20.1 Å². The lowest BCUT2D eigenvalue weighted by Gasteiger charge is -2.20. The molecule has 0 spiro atoms. The topological polar surface area (TPSA) is 85.6 Å². The molecule has 0 saturated carbocycles. The number of carbonyl (C=O) groups excluding carboxylic acids is 1. The zero-order valence-electron chi connectivity index (χ0n) is 12.7. The van der Waals surface area contributed by atoms with E-state index < -0.39 is 5.91 Å². The summed E-state index contributed by atoms with van der Waals surface area (Å²) >= 11 is 0. The van der Waals surface area contributed by atoms with Crippen molar-refractivity contribution in [3.63, 3.8) is 0 Å². The lowest BCUT2D eigenvalue weighted by Crippen LogP contribution is -2.30. The largest absolute Gasteiger partial charge is 0.395 e.